The molecule has 0 saturated carbocycles. The minimum absolute atomic E-state index is 0.0186. The van der Waals surface area contributed by atoms with Crippen LogP contribution in [0.2, 0.25) is 0 Å². The van der Waals surface area contributed by atoms with Crippen molar-refractivity contribution < 1.29 is 27.1 Å². The molecular weight excluding hydrogens is 502 g/mol. The summed E-state index contributed by atoms with van der Waals surface area (Å²) in [4.78, 5) is 16.8. The lowest BCUT2D eigenvalue weighted by molar-refractivity contribution is -0.629. The predicted molar refractivity (Wildman–Crippen MR) is 106 cm³/mol. The van der Waals surface area contributed by atoms with Gasteiger partial charge in [-0.2, -0.15) is 17.9 Å². The lowest BCUT2D eigenvalue weighted by atomic mass is 10.1. The van der Waals surface area contributed by atoms with Crippen molar-refractivity contribution in [2.24, 2.45) is 0 Å². The van der Waals surface area contributed by atoms with E-state index in [2.05, 4.69) is 10.3 Å². The molecule has 29 heavy (non-hydrogen) atoms. The fourth-order valence-electron chi connectivity index (χ4n) is 2.58. The second kappa shape index (κ2) is 8.01. The molecule has 0 radical (unpaired) electrons. The molecular formula is C19H15F3IN3O3. The zero-order valence-electron chi connectivity index (χ0n) is 15.2. The van der Waals surface area contributed by atoms with Gasteiger partial charge in [0.05, 0.1) is 6.04 Å². The van der Waals surface area contributed by atoms with E-state index in [1.54, 1.807) is 6.92 Å². The van der Waals surface area contributed by atoms with Crippen molar-refractivity contribution in [3.63, 3.8) is 0 Å². The van der Waals surface area contributed by atoms with Crippen LogP contribution in [0.4, 0.5) is 13.2 Å². The molecule has 0 aliphatic heterocycles. The van der Waals surface area contributed by atoms with E-state index < -0.39 is 23.8 Å². The molecule has 0 aliphatic rings. The van der Waals surface area contributed by atoms with Crippen molar-refractivity contribution in [2.75, 3.05) is 0 Å². The molecule has 1 N–H and O–H groups in total. The van der Waals surface area contributed by atoms with Gasteiger partial charge in [-0.3, -0.25) is 4.79 Å². The van der Waals surface area contributed by atoms with Crippen LogP contribution in [0.5, 0.6) is 0 Å². The Morgan fingerprint density at radius 1 is 1.24 bits per heavy atom. The van der Waals surface area contributed by atoms with Gasteiger partial charge in [0.2, 0.25) is 11.7 Å². The molecule has 152 valence electrons. The Hall–Kier alpha value is -2.63. The highest BCUT2D eigenvalue weighted by Crippen LogP contribution is 2.27. The smallest absolute Gasteiger partial charge is 0.478 e. The number of nitrogens with one attached hydrogen (secondary N) is 1. The summed E-state index contributed by atoms with van der Waals surface area (Å²) < 4.78 is 43.8. The van der Waals surface area contributed by atoms with Crippen LogP contribution in [0, 0.1) is 15.8 Å². The fraction of sp³-hybridized carbons (Fsp3) is 0.211. The summed E-state index contributed by atoms with van der Waals surface area (Å²) in [5.74, 6) is -0.334. The Morgan fingerprint density at radius 2 is 1.90 bits per heavy atom. The van der Waals surface area contributed by atoms with E-state index in [0.717, 1.165) is 17.8 Å². The molecule has 0 spiro atoms. The first-order valence-corrected chi connectivity index (χ1v) is 9.48. The number of carbonyl (C=O) groups excluding carboxylic acids is 1. The maximum Gasteiger partial charge on any atom is 0.478 e. The number of halogens is 4. The second-order valence-electron chi connectivity index (χ2n) is 6.37. The third kappa shape index (κ3) is 4.69. The summed E-state index contributed by atoms with van der Waals surface area (Å²) in [5.41, 5.74) is 0.659. The van der Waals surface area contributed by atoms with Crippen LogP contribution in [0.15, 0.2) is 47.0 Å². The van der Waals surface area contributed by atoms with Crippen molar-refractivity contribution >= 4 is 28.5 Å². The van der Waals surface area contributed by atoms with Crippen molar-refractivity contribution in [3.8, 4) is 11.5 Å². The molecule has 0 fully saturated rings. The summed E-state index contributed by atoms with van der Waals surface area (Å²) >= 11 is 1.86. The standard InChI is InChI=1S/C19H15F3IN3O3/c1-10-3-5-12(6-4-10)18-25-16(23)15(29-18)17(27)24-11(2)13-7-8-14(19(20,21)22)26(28)9-13/h3-9,11H,1-2H3,(H,24,27)/t11-/m1/s1. The van der Waals surface area contributed by atoms with E-state index in [9.17, 15) is 23.2 Å². The lowest BCUT2D eigenvalue weighted by Gasteiger charge is -2.14. The number of oxazole rings is 1. The number of amides is 1. The number of hydrogen-bond acceptors (Lipinski definition) is 4. The monoisotopic (exact) mass is 517 g/mol. The van der Waals surface area contributed by atoms with Crippen LogP contribution < -0.4 is 10.0 Å². The van der Waals surface area contributed by atoms with E-state index in [-0.39, 0.29) is 21.9 Å². The maximum atomic E-state index is 12.7. The minimum atomic E-state index is -4.75. The third-order valence-electron chi connectivity index (χ3n) is 4.17. The van der Waals surface area contributed by atoms with Gasteiger partial charge in [0, 0.05) is 17.2 Å². The Balaban J connectivity index is 1.78. The number of aromatic nitrogens is 2. The van der Waals surface area contributed by atoms with Crippen LogP contribution in [-0.2, 0) is 6.18 Å². The number of rotatable bonds is 4. The molecule has 1 amide bonds. The molecule has 0 bridgehead atoms. The highest BCUT2D eigenvalue weighted by molar-refractivity contribution is 14.1. The predicted octanol–water partition coefficient (Wildman–Crippen LogP) is 4.40. The summed E-state index contributed by atoms with van der Waals surface area (Å²) in [7, 11) is 0. The SMILES string of the molecule is Cc1ccc(-c2nc(I)c(C(=O)N[C@H](C)c3ccc(C(F)(F)F)[n+]([O-])c3)o2)cc1. The van der Waals surface area contributed by atoms with Gasteiger partial charge in [0.25, 0.3) is 11.6 Å². The Labute approximate surface area is 177 Å². The lowest BCUT2D eigenvalue weighted by Crippen LogP contribution is -2.38. The quantitative estimate of drug-likeness (QED) is 0.316. The van der Waals surface area contributed by atoms with Crippen LogP contribution in [0.1, 0.15) is 40.3 Å². The van der Waals surface area contributed by atoms with E-state index >= 15 is 0 Å². The fourth-order valence-corrected chi connectivity index (χ4v) is 3.15. The van der Waals surface area contributed by atoms with Gasteiger partial charge in [-0.05, 0) is 54.6 Å². The van der Waals surface area contributed by atoms with Crippen molar-refractivity contribution in [1.29, 1.82) is 0 Å². The van der Waals surface area contributed by atoms with Gasteiger partial charge >= 0.3 is 6.18 Å². The van der Waals surface area contributed by atoms with Gasteiger partial charge < -0.3 is 14.9 Å². The molecule has 0 aliphatic carbocycles. The zero-order valence-corrected chi connectivity index (χ0v) is 17.4. The van der Waals surface area contributed by atoms with Crippen molar-refractivity contribution in [2.45, 2.75) is 26.1 Å². The molecule has 0 unspecified atom stereocenters. The Kier molecular flexibility index (Phi) is 5.82. The minimum Gasteiger partial charge on any atom is -0.618 e. The topological polar surface area (TPSA) is 82.1 Å². The van der Waals surface area contributed by atoms with Crippen LogP contribution >= 0.6 is 22.6 Å². The average Bonchev–Trinajstić information content (AvgIpc) is 3.03. The first kappa shape index (κ1) is 21.1. The zero-order chi connectivity index (χ0) is 21.3. The number of alkyl halides is 3. The average molecular weight is 517 g/mol. The molecule has 1 atom stereocenters. The van der Waals surface area contributed by atoms with E-state index in [1.807, 2.05) is 53.8 Å². The number of pyridine rings is 1. The highest BCUT2D eigenvalue weighted by Gasteiger charge is 2.39. The third-order valence-corrected chi connectivity index (χ3v) is 4.90. The van der Waals surface area contributed by atoms with Crippen molar-refractivity contribution in [3.05, 3.63) is 74.1 Å². The Morgan fingerprint density at radius 3 is 2.48 bits per heavy atom. The number of hydrogen-bond donors (Lipinski definition) is 1. The van der Waals surface area contributed by atoms with Crippen molar-refractivity contribution in [1.82, 2.24) is 10.3 Å². The highest BCUT2D eigenvalue weighted by atomic mass is 127. The molecule has 3 aromatic rings. The van der Waals surface area contributed by atoms with Gasteiger partial charge in [0.1, 0.15) is 0 Å². The summed E-state index contributed by atoms with van der Waals surface area (Å²) in [6.45, 7) is 3.49. The molecule has 0 saturated heterocycles. The molecule has 2 heterocycles. The van der Waals surface area contributed by atoms with Gasteiger partial charge in [-0.25, -0.2) is 4.98 Å². The van der Waals surface area contributed by atoms with Crippen LogP contribution in [0.25, 0.3) is 11.5 Å². The van der Waals surface area contributed by atoms with E-state index in [0.29, 0.717) is 15.3 Å². The summed E-state index contributed by atoms with van der Waals surface area (Å²) in [6, 6.07) is 8.50. The summed E-state index contributed by atoms with van der Waals surface area (Å²) in [6.07, 6.45) is -3.97. The number of carbonyl (C=O) groups is 1. The normalized spacial score (nSPS) is 12.6. The second-order valence-corrected chi connectivity index (χ2v) is 7.39. The largest absolute Gasteiger partial charge is 0.618 e. The summed E-state index contributed by atoms with van der Waals surface area (Å²) in [5, 5.41) is 14.2. The Bertz CT molecular complexity index is 1050. The first-order valence-electron chi connectivity index (χ1n) is 8.41. The van der Waals surface area contributed by atoms with Gasteiger partial charge in [-0.15, -0.1) is 0 Å². The van der Waals surface area contributed by atoms with Gasteiger partial charge in [-0.1, -0.05) is 17.7 Å². The number of nitrogens with zero attached hydrogens (tertiary/aromatic N) is 2. The molecule has 3 rings (SSSR count). The number of aryl methyl sites for hydroxylation is 1. The van der Waals surface area contributed by atoms with E-state index in [4.69, 9.17) is 4.42 Å². The molecule has 10 heteroatoms. The maximum absolute atomic E-state index is 12.7. The molecule has 2 aromatic heterocycles. The van der Waals surface area contributed by atoms with Crippen LogP contribution in [0.3, 0.4) is 0 Å². The number of benzene rings is 1. The first-order chi connectivity index (χ1) is 13.6. The van der Waals surface area contributed by atoms with E-state index in [1.165, 1.54) is 0 Å². The molecule has 1 aromatic carbocycles. The molecule has 6 nitrogen and oxygen atoms in total. The van der Waals surface area contributed by atoms with Crippen LogP contribution in [-0.4, -0.2) is 10.9 Å². The van der Waals surface area contributed by atoms with Gasteiger partial charge in [0.15, 0.2) is 9.90 Å².